The second-order valence-electron chi connectivity index (χ2n) is 5.12. The summed E-state index contributed by atoms with van der Waals surface area (Å²) in [4.78, 5) is 25.3. The molecule has 108 valence electrons. The molecule has 1 unspecified atom stereocenters. The van der Waals surface area contributed by atoms with Crippen LogP contribution in [0, 0.1) is 10.1 Å². The summed E-state index contributed by atoms with van der Waals surface area (Å²) < 4.78 is 0. The minimum absolute atomic E-state index is 0.0548. The lowest BCUT2D eigenvalue weighted by atomic mass is 10.1. The molecule has 0 aliphatic carbocycles. The molecule has 0 spiro atoms. The van der Waals surface area contributed by atoms with Gasteiger partial charge in [-0.1, -0.05) is 0 Å². The molecule has 0 aromatic heterocycles. The van der Waals surface area contributed by atoms with Gasteiger partial charge in [0, 0.05) is 24.6 Å². The smallest absolute Gasteiger partial charge is 0.293 e. The van der Waals surface area contributed by atoms with Crippen LogP contribution in [0.25, 0.3) is 0 Å². The quantitative estimate of drug-likeness (QED) is 0.571. The number of rotatable bonds is 3. The summed E-state index contributed by atoms with van der Waals surface area (Å²) in [7, 11) is 2.12. The molecule has 1 fully saturated rings. The zero-order valence-electron chi connectivity index (χ0n) is 11.5. The molecule has 1 saturated heterocycles. The monoisotopic (exact) mass is 279 g/mol. The van der Waals surface area contributed by atoms with Gasteiger partial charge in [0.25, 0.3) is 5.69 Å². The van der Waals surface area contributed by atoms with Crippen molar-refractivity contribution in [2.24, 2.45) is 5.73 Å². The maximum absolute atomic E-state index is 11.2. The number of hydrogen-bond acceptors (Lipinski definition) is 4. The third-order valence-corrected chi connectivity index (χ3v) is 3.64. The van der Waals surface area contributed by atoms with Gasteiger partial charge in [0.05, 0.1) is 31.6 Å². The molecule has 1 aliphatic heterocycles. The highest BCUT2D eigenvalue weighted by Crippen LogP contribution is 2.29. The first kappa shape index (κ1) is 14.3. The van der Waals surface area contributed by atoms with E-state index < -0.39 is 10.8 Å². The van der Waals surface area contributed by atoms with Crippen molar-refractivity contribution in [1.29, 1.82) is 0 Å². The van der Waals surface area contributed by atoms with Crippen molar-refractivity contribution in [3.8, 4) is 0 Å². The first-order valence-corrected chi connectivity index (χ1v) is 6.63. The van der Waals surface area contributed by atoms with Gasteiger partial charge in [-0.05, 0) is 12.1 Å². The molecule has 1 heterocycles. The van der Waals surface area contributed by atoms with Crippen LogP contribution in [0.4, 0.5) is 11.4 Å². The highest BCUT2D eigenvalue weighted by molar-refractivity contribution is 5.94. The minimum atomic E-state index is -0.653. The molecule has 0 bridgehead atoms. The van der Waals surface area contributed by atoms with E-state index in [-0.39, 0.29) is 11.3 Å². The summed E-state index contributed by atoms with van der Waals surface area (Å²) in [6.45, 7) is 3.55. The number of likely N-dealkylation sites (N-methyl/N-ethyl adjacent to an activating group) is 1. The van der Waals surface area contributed by atoms with Crippen molar-refractivity contribution in [2.75, 3.05) is 38.1 Å². The van der Waals surface area contributed by atoms with E-state index in [1.807, 2.05) is 4.90 Å². The molecule has 1 atom stereocenters. The molecule has 1 aromatic carbocycles. The van der Waals surface area contributed by atoms with Gasteiger partial charge in [0.1, 0.15) is 5.69 Å². The van der Waals surface area contributed by atoms with Crippen LogP contribution in [0.2, 0.25) is 0 Å². The van der Waals surface area contributed by atoms with Gasteiger partial charge >= 0.3 is 0 Å². The summed E-state index contributed by atoms with van der Waals surface area (Å²) in [5.74, 6) is -0.653. The van der Waals surface area contributed by atoms with Crippen molar-refractivity contribution < 1.29 is 14.6 Å². The Morgan fingerprint density at radius 2 is 2.15 bits per heavy atom. The molecule has 0 radical (unpaired) electrons. The number of hydrogen-bond donors (Lipinski definition) is 2. The zero-order chi connectivity index (χ0) is 14.7. The molecule has 20 heavy (non-hydrogen) atoms. The van der Waals surface area contributed by atoms with Gasteiger partial charge in [-0.2, -0.15) is 0 Å². The Morgan fingerprint density at radius 3 is 2.80 bits per heavy atom. The van der Waals surface area contributed by atoms with Crippen molar-refractivity contribution in [3.63, 3.8) is 0 Å². The lowest BCUT2D eigenvalue weighted by Crippen LogP contribution is -3.09. The first-order chi connectivity index (χ1) is 9.49. The Balaban J connectivity index is 2.35. The Kier molecular flexibility index (Phi) is 4.19. The fraction of sp³-hybridized carbons (Fsp3) is 0.462. The molecule has 2 rings (SSSR count). The summed E-state index contributed by atoms with van der Waals surface area (Å²) in [5.41, 5.74) is 5.85. The number of carbonyl (C=O) groups is 1. The topological polar surface area (TPSA) is 93.9 Å². The number of anilines is 1. The molecule has 0 saturated carbocycles. The lowest BCUT2D eigenvalue weighted by molar-refractivity contribution is -0.876. The van der Waals surface area contributed by atoms with E-state index in [9.17, 15) is 14.9 Å². The van der Waals surface area contributed by atoms with Gasteiger partial charge in [0.2, 0.25) is 5.91 Å². The van der Waals surface area contributed by atoms with Crippen LogP contribution in [-0.2, 0) is 0 Å². The van der Waals surface area contributed by atoms with E-state index in [2.05, 4.69) is 7.05 Å². The largest absolute Gasteiger partial charge is 0.366 e. The van der Waals surface area contributed by atoms with E-state index in [4.69, 9.17) is 5.73 Å². The number of nitrogens with two attached hydrogens (primary N) is 1. The van der Waals surface area contributed by atoms with Crippen LogP contribution in [0.3, 0.4) is 0 Å². The first-order valence-electron chi connectivity index (χ1n) is 6.63. The van der Waals surface area contributed by atoms with E-state index in [0.29, 0.717) is 5.69 Å². The van der Waals surface area contributed by atoms with Gasteiger partial charge < -0.3 is 15.5 Å². The average molecular weight is 279 g/mol. The number of carbonyl (C=O) groups excluding carboxylic acids is 1. The molecule has 1 aliphatic rings. The molecule has 7 heteroatoms. The van der Waals surface area contributed by atoms with Crippen LogP contribution in [0.5, 0.6) is 0 Å². The summed E-state index contributed by atoms with van der Waals surface area (Å²) in [5, 5.41) is 11.2. The summed E-state index contributed by atoms with van der Waals surface area (Å²) in [6, 6.07) is 4.43. The van der Waals surface area contributed by atoms with Crippen molar-refractivity contribution in [3.05, 3.63) is 33.9 Å². The number of benzene rings is 1. The Bertz CT molecular complexity index is 532. The predicted octanol–water partition coefficient (Wildman–Crippen LogP) is -0.581. The predicted molar refractivity (Wildman–Crippen MR) is 75.1 cm³/mol. The standard InChI is InChI=1S/C13H18N4O3/c1-15-5-2-6-16(8-7-15)11-4-3-10(13(14)18)9-12(11)17(19)20/h3-4,9H,2,5-8H2,1H3,(H2,14,18)/p+1. The Labute approximate surface area is 117 Å². The molecule has 7 nitrogen and oxygen atoms in total. The van der Waals surface area contributed by atoms with E-state index in [1.165, 1.54) is 11.0 Å². The molecular formula is C13H19N4O3+. The van der Waals surface area contributed by atoms with Crippen LogP contribution in [0.15, 0.2) is 18.2 Å². The summed E-state index contributed by atoms with van der Waals surface area (Å²) >= 11 is 0. The second-order valence-corrected chi connectivity index (χ2v) is 5.12. The molecule has 3 N–H and O–H groups in total. The van der Waals surface area contributed by atoms with Crippen LogP contribution in [0.1, 0.15) is 16.8 Å². The van der Waals surface area contributed by atoms with Crippen LogP contribution < -0.4 is 15.5 Å². The van der Waals surface area contributed by atoms with Crippen molar-refractivity contribution >= 4 is 17.3 Å². The number of nitrogens with one attached hydrogen (secondary N) is 1. The molecule has 1 aromatic rings. The number of nitrogens with zero attached hydrogens (tertiary/aromatic N) is 2. The lowest BCUT2D eigenvalue weighted by Gasteiger charge is -2.21. The SMILES string of the molecule is C[NH+]1CCCN(c2ccc(C(N)=O)cc2[N+](=O)[O-])CC1. The Hall–Kier alpha value is -2.15. The van der Waals surface area contributed by atoms with Gasteiger partial charge in [-0.15, -0.1) is 0 Å². The highest BCUT2D eigenvalue weighted by atomic mass is 16.6. The van der Waals surface area contributed by atoms with Gasteiger partial charge in [0.15, 0.2) is 0 Å². The fourth-order valence-electron chi connectivity index (χ4n) is 2.47. The van der Waals surface area contributed by atoms with E-state index in [0.717, 1.165) is 32.6 Å². The molecular weight excluding hydrogens is 260 g/mol. The van der Waals surface area contributed by atoms with Gasteiger partial charge in [-0.3, -0.25) is 14.9 Å². The average Bonchev–Trinajstić information content (AvgIpc) is 2.62. The number of quaternary nitrogens is 1. The highest BCUT2D eigenvalue weighted by Gasteiger charge is 2.23. The third-order valence-electron chi connectivity index (χ3n) is 3.64. The summed E-state index contributed by atoms with van der Waals surface area (Å²) in [6.07, 6.45) is 0.987. The minimum Gasteiger partial charge on any atom is -0.366 e. The van der Waals surface area contributed by atoms with E-state index in [1.54, 1.807) is 12.1 Å². The maximum Gasteiger partial charge on any atom is 0.293 e. The number of amides is 1. The third kappa shape index (κ3) is 3.05. The van der Waals surface area contributed by atoms with Crippen LogP contribution in [-0.4, -0.2) is 44.1 Å². The number of primary amides is 1. The van der Waals surface area contributed by atoms with Crippen molar-refractivity contribution in [1.82, 2.24) is 0 Å². The maximum atomic E-state index is 11.2. The van der Waals surface area contributed by atoms with Crippen LogP contribution >= 0.6 is 0 Å². The normalized spacial score (nSPS) is 19.4. The number of nitro benzene ring substituents is 1. The number of nitro groups is 1. The van der Waals surface area contributed by atoms with Gasteiger partial charge in [-0.25, -0.2) is 0 Å². The zero-order valence-corrected chi connectivity index (χ0v) is 11.5. The van der Waals surface area contributed by atoms with Crippen molar-refractivity contribution in [2.45, 2.75) is 6.42 Å². The second kappa shape index (κ2) is 5.87. The molecule has 1 amide bonds. The fourth-order valence-corrected chi connectivity index (χ4v) is 2.47. The Morgan fingerprint density at radius 1 is 1.40 bits per heavy atom. The van der Waals surface area contributed by atoms with E-state index >= 15 is 0 Å².